The van der Waals surface area contributed by atoms with E-state index in [9.17, 15) is 15.0 Å². The molecule has 0 saturated carbocycles. The van der Waals surface area contributed by atoms with Gasteiger partial charge in [0.1, 0.15) is 0 Å². The van der Waals surface area contributed by atoms with Crippen LogP contribution in [-0.4, -0.2) is 65.6 Å². The number of carbonyl (C=O) groups is 1. The molecule has 1 fully saturated rings. The van der Waals surface area contributed by atoms with Crippen LogP contribution in [-0.2, 0) is 12.8 Å². The Kier molecular flexibility index (Phi) is 4.36. The number of phenols is 2. The highest BCUT2D eigenvalue weighted by molar-refractivity contribution is 6.01. The summed E-state index contributed by atoms with van der Waals surface area (Å²) in [7, 11) is 2.08. The molecule has 0 unspecified atom stereocenters. The van der Waals surface area contributed by atoms with Crippen molar-refractivity contribution in [2.45, 2.75) is 25.7 Å². The lowest BCUT2D eigenvalue weighted by atomic mass is 9.88. The second-order valence-corrected chi connectivity index (χ2v) is 6.47. The fourth-order valence-electron chi connectivity index (χ4n) is 3.38. The molecule has 0 aromatic heterocycles. The fraction of sp³-hybridized carbons (Fsp3) is 0.588. The first kappa shape index (κ1) is 15.3. The molecule has 22 heavy (non-hydrogen) atoms. The van der Waals surface area contributed by atoms with Crippen molar-refractivity contribution in [1.82, 2.24) is 9.80 Å². The molecule has 0 spiro atoms. The monoisotopic (exact) mass is 304 g/mol. The highest BCUT2D eigenvalue weighted by Gasteiger charge is 2.24. The maximum absolute atomic E-state index is 12.5. The number of aromatic hydroxyl groups is 2. The van der Waals surface area contributed by atoms with Crippen LogP contribution >= 0.6 is 0 Å². The third kappa shape index (κ3) is 2.96. The summed E-state index contributed by atoms with van der Waals surface area (Å²) >= 11 is 0. The Labute approximate surface area is 131 Å². The fourth-order valence-corrected chi connectivity index (χ4v) is 3.38. The lowest BCUT2D eigenvalue weighted by Crippen LogP contribution is -2.46. The number of hydrogen-bond donors (Lipinski definition) is 2. The number of phenolic OH excluding ortho intramolecular Hbond substituents is 2. The van der Waals surface area contributed by atoms with E-state index in [4.69, 9.17) is 0 Å². The van der Waals surface area contributed by atoms with Crippen LogP contribution in [0.1, 0.15) is 34.3 Å². The van der Waals surface area contributed by atoms with Gasteiger partial charge < -0.3 is 15.1 Å². The molecule has 2 aliphatic rings. The number of benzene rings is 1. The second kappa shape index (κ2) is 6.26. The minimum atomic E-state index is -0.236. The van der Waals surface area contributed by atoms with Crippen LogP contribution in [0.2, 0.25) is 0 Å². The Balaban J connectivity index is 1.79. The van der Waals surface area contributed by atoms with Gasteiger partial charge in [0.25, 0.3) is 0 Å². The van der Waals surface area contributed by atoms with E-state index >= 15 is 0 Å². The topological polar surface area (TPSA) is 64.0 Å². The van der Waals surface area contributed by atoms with Gasteiger partial charge in [-0.05, 0) is 44.4 Å². The molecule has 1 aliphatic carbocycles. The predicted molar refractivity (Wildman–Crippen MR) is 84.7 cm³/mol. The summed E-state index contributed by atoms with van der Waals surface area (Å²) in [5.74, 6) is -0.426. The van der Waals surface area contributed by atoms with Crippen molar-refractivity contribution in [3.63, 3.8) is 0 Å². The molecule has 120 valence electrons. The summed E-state index contributed by atoms with van der Waals surface area (Å²) in [5.41, 5.74) is 2.11. The smallest absolute Gasteiger partial charge is 0.180 e. The van der Waals surface area contributed by atoms with Gasteiger partial charge in [-0.15, -0.1) is 0 Å². The van der Waals surface area contributed by atoms with E-state index in [1.807, 2.05) is 0 Å². The van der Waals surface area contributed by atoms with E-state index in [2.05, 4.69) is 16.8 Å². The molecule has 0 radical (unpaired) electrons. The number of carbonyl (C=O) groups excluding carboxylic acids is 1. The number of aryl methyl sites for hydroxylation is 1. The van der Waals surface area contributed by atoms with Crippen molar-refractivity contribution in [2.24, 2.45) is 0 Å². The number of rotatable bonds is 3. The predicted octanol–water partition coefficient (Wildman–Crippen LogP) is 1.41. The zero-order chi connectivity index (χ0) is 15.7. The van der Waals surface area contributed by atoms with E-state index in [1.54, 1.807) is 6.07 Å². The van der Waals surface area contributed by atoms with Gasteiger partial charge in [0.15, 0.2) is 17.3 Å². The maximum atomic E-state index is 12.5. The standard InChI is InChI=1S/C17H24N2O3/c1-18-6-8-19(9-7-18)11-15(20)14-10-12-4-2-3-5-13(12)16(21)17(14)22/h10,21-22H,2-9,11H2,1H3. The molecular weight excluding hydrogens is 280 g/mol. The third-order valence-corrected chi connectivity index (χ3v) is 4.86. The van der Waals surface area contributed by atoms with Gasteiger partial charge in [0.05, 0.1) is 12.1 Å². The van der Waals surface area contributed by atoms with E-state index in [0.29, 0.717) is 6.54 Å². The Morgan fingerprint density at radius 3 is 2.50 bits per heavy atom. The summed E-state index contributed by atoms with van der Waals surface area (Å²) in [6, 6.07) is 1.79. The minimum absolute atomic E-state index is 0.0843. The number of nitrogens with zero attached hydrogens (tertiary/aromatic N) is 2. The number of fused-ring (bicyclic) bond motifs is 1. The van der Waals surface area contributed by atoms with Gasteiger partial charge in [-0.2, -0.15) is 0 Å². The molecule has 5 heteroatoms. The van der Waals surface area contributed by atoms with Gasteiger partial charge in [-0.3, -0.25) is 9.69 Å². The highest BCUT2D eigenvalue weighted by atomic mass is 16.3. The van der Waals surface area contributed by atoms with Crippen LogP contribution in [0.15, 0.2) is 6.07 Å². The largest absolute Gasteiger partial charge is 0.504 e. The zero-order valence-electron chi connectivity index (χ0n) is 13.1. The summed E-state index contributed by atoms with van der Waals surface area (Å²) < 4.78 is 0. The molecule has 0 amide bonds. The molecular formula is C17H24N2O3. The number of piperazine rings is 1. The van der Waals surface area contributed by atoms with Gasteiger partial charge in [-0.25, -0.2) is 0 Å². The van der Waals surface area contributed by atoms with Crippen LogP contribution < -0.4 is 0 Å². The van der Waals surface area contributed by atoms with Crippen molar-refractivity contribution in [2.75, 3.05) is 39.8 Å². The van der Waals surface area contributed by atoms with Crippen molar-refractivity contribution in [1.29, 1.82) is 0 Å². The van der Waals surface area contributed by atoms with Crippen molar-refractivity contribution < 1.29 is 15.0 Å². The minimum Gasteiger partial charge on any atom is -0.504 e. The molecule has 0 atom stereocenters. The lowest BCUT2D eigenvalue weighted by Gasteiger charge is -2.31. The van der Waals surface area contributed by atoms with Gasteiger partial charge in [0, 0.05) is 31.7 Å². The Hall–Kier alpha value is -1.59. The van der Waals surface area contributed by atoms with E-state index in [1.165, 1.54) is 0 Å². The van der Waals surface area contributed by atoms with E-state index in [0.717, 1.165) is 63.0 Å². The van der Waals surface area contributed by atoms with Crippen molar-refractivity contribution >= 4 is 5.78 Å². The Morgan fingerprint density at radius 2 is 1.77 bits per heavy atom. The Morgan fingerprint density at radius 1 is 1.09 bits per heavy atom. The van der Waals surface area contributed by atoms with Crippen LogP contribution in [0.5, 0.6) is 11.5 Å². The first-order chi connectivity index (χ1) is 10.6. The maximum Gasteiger partial charge on any atom is 0.180 e. The number of ketones is 1. The molecule has 1 heterocycles. The van der Waals surface area contributed by atoms with Crippen LogP contribution in [0.25, 0.3) is 0 Å². The molecule has 1 aromatic carbocycles. The van der Waals surface area contributed by atoms with Crippen LogP contribution in [0.4, 0.5) is 0 Å². The summed E-state index contributed by atoms with van der Waals surface area (Å²) in [6.07, 6.45) is 3.75. The summed E-state index contributed by atoms with van der Waals surface area (Å²) in [4.78, 5) is 16.9. The SMILES string of the molecule is CN1CCN(CC(=O)c2cc3c(c(O)c2O)CCCC3)CC1. The normalized spacial score (nSPS) is 19.9. The highest BCUT2D eigenvalue weighted by Crippen LogP contribution is 2.39. The Bertz CT molecular complexity index is 578. The van der Waals surface area contributed by atoms with Crippen molar-refractivity contribution in [3.05, 3.63) is 22.8 Å². The lowest BCUT2D eigenvalue weighted by molar-refractivity contribution is 0.0873. The van der Waals surface area contributed by atoms with Crippen molar-refractivity contribution in [3.8, 4) is 11.5 Å². The zero-order valence-corrected chi connectivity index (χ0v) is 13.1. The number of Topliss-reactive ketones (excluding diaryl/α,β-unsaturated/α-hetero) is 1. The summed E-state index contributed by atoms with van der Waals surface area (Å²) in [5, 5.41) is 20.4. The third-order valence-electron chi connectivity index (χ3n) is 4.86. The molecule has 1 aromatic rings. The number of hydrogen-bond acceptors (Lipinski definition) is 5. The van der Waals surface area contributed by atoms with E-state index < -0.39 is 0 Å². The average Bonchev–Trinajstić information content (AvgIpc) is 2.53. The molecule has 3 rings (SSSR count). The molecule has 5 nitrogen and oxygen atoms in total. The number of likely N-dealkylation sites (N-methyl/N-ethyl adjacent to an activating group) is 1. The quantitative estimate of drug-likeness (QED) is 0.653. The molecule has 1 saturated heterocycles. The molecule has 1 aliphatic heterocycles. The first-order valence-corrected chi connectivity index (χ1v) is 8.07. The average molecular weight is 304 g/mol. The van der Waals surface area contributed by atoms with Crippen LogP contribution in [0.3, 0.4) is 0 Å². The van der Waals surface area contributed by atoms with Crippen LogP contribution in [0, 0.1) is 0 Å². The second-order valence-electron chi connectivity index (χ2n) is 6.47. The molecule has 0 bridgehead atoms. The molecule has 2 N–H and O–H groups in total. The summed E-state index contributed by atoms with van der Waals surface area (Å²) in [6.45, 7) is 3.93. The van der Waals surface area contributed by atoms with Gasteiger partial charge >= 0.3 is 0 Å². The van der Waals surface area contributed by atoms with Gasteiger partial charge in [0.2, 0.25) is 0 Å². The van der Waals surface area contributed by atoms with E-state index in [-0.39, 0.29) is 22.8 Å². The first-order valence-electron chi connectivity index (χ1n) is 8.07. The van der Waals surface area contributed by atoms with Gasteiger partial charge in [-0.1, -0.05) is 0 Å².